The number of hydrogen-bond acceptors (Lipinski definition) is 6. The quantitative estimate of drug-likeness (QED) is 0.731. The van der Waals surface area contributed by atoms with Crippen molar-refractivity contribution in [3.63, 3.8) is 0 Å². The molecule has 2 fully saturated rings. The lowest BCUT2D eigenvalue weighted by atomic mass is 9.76. The first-order valence-corrected chi connectivity index (χ1v) is 7.17. The largest absolute Gasteiger partial charge is 0.491 e. The van der Waals surface area contributed by atoms with E-state index < -0.39 is 0 Å². The van der Waals surface area contributed by atoms with Crippen LogP contribution in [0.4, 0.5) is 0 Å². The first-order chi connectivity index (χ1) is 10.3. The zero-order valence-electron chi connectivity index (χ0n) is 11.6. The number of nitrogens with one attached hydrogen (secondary N) is 1. The second-order valence-electron chi connectivity index (χ2n) is 5.29. The van der Waals surface area contributed by atoms with E-state index >= 15 is 0 Å². The number of ketones is 1. The van der Waals surface area contributed by atoms with E-state index in [-0.39, 0.29) is 24.2 Å². The summed E-state index contributed by atoms with van der Waals surface area (Å²) in [7, 11) is 0. The van der Waals surface area contributed by atoms with Crippen molar-refractivity contribution >= 4 is 5.78 Å². The summed E-state index contributed by atoms with van der Waals surface area (Å²) in [4.78, 5) is 12.1. The van der Waals surface area contributed by atoms with Gasteiger partial charge in [0.2, 0.25) is 0 Å². The summed E-state index contributed by atoms with van der Waals surface area (Å²) in [6, 6.07) is 0.165. The zero-order chi connectivity index (χ0) is 14.5. The maximum Gasteiger partial charge on any atom is 0.138 e. The number of rotatable bonds is 0. The zero-order valence-corrected chi connectivity index (χ0v) is 11.6. The fraction of sp³-hybridized carbons (Fsp3) is 0.533. The Morgan fingerprint density at radius 2 is 1.52 bits per heavy atom. The Bertz CT molecular complexity index is 459. The second kappa shape index (κ2) is 6.67. The van der Waals surface area contributed by atoms with Crippen LogP contribution in [0.3, 0.4) is 0 Å². The summed E-state index contributed by atoms with van der Waals surface area (Å²) in [5.41, 5.74) is 0. The molecule has 3 aliphatic rings. The van der Waals surface area contributed by atoms with Gasteiger partial charge in [0, 0.05) is 31.3 Å². The summed E-state index contributed by atoms with van der Waals surface area (Å²) in [5, 5.41) is 3.41. The van der Waals surface area contributed by atoms with Gasteiger partial charge in [0.25, 0.3) is 0 Å². The molecule has 6 heteroatoms. The van der Waals surface area contributed by atoms with Crippen LogP contribution < -0.4 is 5.32 Å². The summed E-state index contributed by atoms with van der Waals surface area (Å²) in [6.07, 6.45) is 10.3. The Hall–Kier alpha value is -1.95. The Labute approximate surface area is 123 Å². The molecule has 0 radical (unpaired) electrons. The van der Waals surface area contributed by atoms with E-state index in [4.69, 9.17) is 18.9 Å². The number of carbonyl (C=O) groups excluding carboxylic acids is 1. The molecule has 2 aliphatic heterocycles. The highest BCUT2D eigenvalue weighted by Gasteiger charge is 2.43. The number of carbonyl (C=O) groups is 1. The smallest absolute Gasteiger partial charge is 0.138 e. The van der Waals surface area contributed by atoms with Gasteiger partial charge in [0.1, 0.15) is 55.6 Å². The van der Waals surface area contributed by atoms with Crippen molar-refractivity contribution in [1.29, 1.82) is 0 Å². The van der Waals surface area contributed by atoms with Crippen LogP contribution >= 0.6 is 0 Å². The molecule has 21 heavy (non-hydrogen) atoms. The van der Waals surface area contributed by atoms with E-state index in [1.807, 2.05) is 0 Å². The van der Waals surface area contributed by atoms with Gasteiger partial charge in [-0.05, 0) is 6.42 Å². The minimum Gasteiger partial charge on any atom is -0.491 e. The van der Waals surface area contributed by atoms with Gasteiger partial charge in [0.15, 0.2) is 0 Å². The lowest BCUT2D eigenvalue weighted by Gasteiger charge is -2.42. The molecule has 0 aromatic carbocycles. The highest BCUT2D eigenvalue weighted by atomic mass is 16.6. The van der Waals surface area contributed by atoms with Gasteiger partial charge in [-0.25, -0.2) is 0 Å². The third-order valence-corrected chi connectivity index (χ3v) is 4.05. The van der Waals surface area contributed by atoms with Crippen LogP contribution in [-0.2, 0) is 23.7 Å². The molecule has 2 heterocycles. The summed E-state index contributed by atoms with van der Waals surface area (Å²) >= 11 is 0. The summed E-state index contributed by atoms with van der Waals surface area (Å²) in [5.74, 6) is 0.319. The second-order valence-corrected chi connectivity index (χ2v) is 5.29. The first kappa shape index (κ1) is 14.0. The molecule has 114 valence electrons. The molecule has 6 nitrogen and oxygen atoms in total. The van der Waals surface area contributed by atoms with Gasteiger partial charge in [0.05, 0.1) is 0 Å². The molecule has 0 aromatic rings. The highest BCUT2D eigenvalue weighted by Crippen LogP contribution is 2.32. The monoisotopic (exact) mass is 293 g/mol. The molecule has 0 aromatic heterocycles. The molecule has 1 saturated carbocycles. The van der Waals surface area contributed by atoms with Crippen LogP contribution in [0.2, 0.25) is 0 Å². The van der Waals surface area contributed by atoms with E-state index in [0.717, 1.165) is 13.0 Å². The topological polar surface area (TPSA) is 66.0 Å². The fourth-order valence-corrected chi connectivity index (χ4v) is 3.05. The van der Waals surface area contributed by atoms with Crippen LogP contribution in [0.1, 0.15) is 19.3 Å². The van der Waals surface area contributed by atoms with Crippen molar-refractivity contribution < 1.29 is 23.7 Å². The average Bonchev–Trinajstić information content (AvgIpc) is 2.48. The molecule has 1 aliphatic carbocycles. The third kappa shape index (κ3) is 3.39. The van der Waals surface area contributed by atoms with Crippen LogP contribution in [0, 0.1) is 5.92 Å². The number of ether oxygens (including phenoxy) is 4. The van der Waals surface area contributed by atoms with Crippen LogP contribution in [0.5, 0.6) is 0 Å². The van der Waals surface area contributed by atoms with Gasteiger partial charge in [-0.2, -0.15) is 0 Å². The lowest BCUT2D eigenvalue weighted by molar-refractivity contribution is -0.132. The molecule has 1 saturated heterocycles. The minimum absolute atomic E-state index is 0.00551. The van der Waals surface area contributed by atoms with Crippen molar-refractivity contribution in [3.8, 4) is 0 Å². The van der Waals surface area contributed by atoms with Crippen LogP contribution in [0.25, 0.3) is 0 Å². The Kier molecular flexibility index (Phi) is 4.45. The Morgan fingerprint density at radius 3 is 2.24 bits per heavy atom. The van der Waals surface area contributed by atoms with Gasteiger partial charge < -0.3 is 24.3 Å². The van der Waals surface area contributed by atoms with E-state index in [1.54, 1.807) is 0 Å². The molecule has 0 spiro atoms. The molecule has 0 bridgehead atoms. The molecule has 0 amide bonds. The molecule has 1 N–H and O–H groups in total. The van der Waals surface area contributed by atoms with Gasteiger partial charge in [-0.15, -0.1) is 0 Å². The van der Waals surface area contributed by atoms with Crippen LogP contribution in [0.15, 0.2) is 37.6 Å². The first-order valence-electron chi connectivity index (χ1n) is 7.17. The van der Waals surface area contributed by atoms with Gasteiger partial charge in [-0.1, -0.05) is 0 Å². The van der Waals surface area contributed by atoms with E-state index in [0.29, 0.717) is 18.6 Å². The van der Waals surface area contributed by atoms with Gasteiger partial charge >= 0.3 is 0 Å². The summed E-state index contributed by atoms with van der Waals surface area (Å²) < 4.78 is 21.5. The minimum atomic E-state index is -0.178. The fourth-order valence-electron chi connectivity index (χ4n) is 3.05. The highest BCUT2D eigenvalue weighted by molar-refractivity contribution is 5.83. The summed E-state index contributed by atoms with van der Waals surface area (Å²) in [6.45, 7) is 0.746. The number of Topliss-reactive ketones (excluding diaryl/α,β-unsaturated/α-hetero) is 1. The SMILES string of the molecule is O=C1CCNC2CC3O/C=C\O/C=C\O/C=C\OC3CC12. The Balaban J connectivity index is 1.73. The average molecular weight is 293 g/mol. The van der Waals surface area contributed by atoms with E-state index in [2.05, 4.69) is 5.32 Å². The number of piperidine rings is 1. The maximum absolute atomic E-state index is 12.1. The maximum atomic E-state index is 12.1. The molecule has 3 rings (SSSR count). The standard InChI is InChI=1S/C15H19NO5/c17-13-1-2-16-12-10-15-14(9-11(12)13)20-7-5-18-3-4-19-6-8-21-15/h3-8,11-12,14-16H,1-2,9-10H2/b4-3-,7-5-,8-6-. The van der Waals surface area contributed by atoms with Crippen molar-refractivity contribution in [2.75, 3.05) is 6.54 Å². The van der Waals surface area contributed by atoms with Crippen molar-refractivity contribution in [3.05, 3.63) is 37.6 Å². The van der Waals surface area contributed by atoms with Crippen molar-refractivity contribution in [2.24, 2.45) is 5.92 Å². The Morgan fingerprint density at radius 1 is 0.905 bits per heavy atom. The normalized spacial score (nSPS) is 40.3. The molecular formula is C15H19NO5. The van der Waals surface area contributed by atoms with E-state index in [9.17, 15) is 4.79 Å². The van der Waals surface area contributed by atoms with E-state index in [1.165, 1.54) is 37.6 Å². The predicted molar refractivity (Wildman–Crippen MR) is 73.5 cm³/mol. The predicted octanol–water partition coefficient (Wildman–Crippen LogP) is 1.56. The lowest BCUT2D eigenvalue weighted by Crippen LogP contribution is -2.55. The van der Waals surface area contributed by atoms with Crippen LogP contribution in [-0.4, -0.2) is 30.6 Å². The van der Waals surface area contributed by atoms with Crippen molar-refractivity contribution in [1.82, 2.24) is 5.32 Å². The number of hydrogen-bond donors (Lipinski definition) is 1. The number of fused-ring (bicyclic) bond motifs is 2. The van der Waals surface area contributed by atoms with Crippen molar-refractivity contribution in [2.45, 2.75) is 37.5 Å². The molecular weight excluding hydrogens is 274 g/mol. The third-order valence-electron chi connectivity index (χ3n) is 4.05. The van der Waals surface area contributed by atoms with Gasteiger partial charge in [-0.3, -0.25) is 4.79 Å². The molecule has 4 unspecified atom stereocenters. The molecule has 4 atom stereocenters.